The number of nitrogens with zero attached hydrogens (tertiary/aromatic N) is 2. The number of nitrogens with one attached hydrogen (secondary N) is 1. The van der Waals surface area contributed by atoms with E-state index < -0.39 is 22.8 Å². The van der Waals surface area contributed by atoms with Gasteiger partial charge >= 0.3 is 17.9 Å². The number of esters is 1. The molecule has 1 aromatic heterocycles. The summed E-state index contributed by atoms with van der Waals surface area (Å²) in [7, 11) is 0. The Morgan fingerprint density at radius 2 is 0.828 bits per heavy atom. The molecule has 0 aliphatic rings. The highest BCUT2D eigenvalue weighted by molar-refractivity contribution is 5.75. The number of hydrogen-bond acceptors (Lipinski definition) is 7. The molecule has 2 unspecified atom stereocenters. The highest BCUT2D eigenvalue weighted by Gasteiger charge is 2.37. The number of ether oxygens (including phenoxy) is 1. The average molecular weight is 900 g/mol. The summed E-state index contributed by atoms with van der Waals surface area (Å²) < 4.78 is 5.62. The zero-order valence-corrected chi connectivity index (χ0v) is 42.2. The van der Waals surface area contributed by atoms with Crippen molar-refractivity contribution in [3.8, 4) is 0 Å². The van der Waals surface area contributed by atoms with Crippen LogP contribution in [-0.4, -0.2) is 70.8 Å². The van der Waals surface area contributed by atoms with Crippen molar-refractivity contribution in [1.82, 2.24) is 9.88 Å². The number of hydrogen-bond donors (Lipinski definition) is 3. The van der Waals surface area contributed by atoms with Crippen molar-refractivity contribution in [2.45, 2.75) is 259 Å². The first-order valence-corrected chi connectivity index (χ1v) is 27.2. The molecule has 0 saturated heterocycles. The van der Waals surface area contributed by atoms with Crippen LogP contribution in [0.3, 0.4) is 0 Å². The number of carbonyl (C=O) groups is 3. The molecule has 1 aromatic rings. The number of unbranched alkanes of at least 4 members (excludes halogenated alkanes) is 22. The smallest absolute Gasteiger partial charge is 0.309 e. The van der Waals surface area contributed by atoms with Crippen LogP contribution in [0.4, 0.5) is 5.69 Å². The summed E-state index contributed by atoms with van der Waals surface area (Å²) in [6.07, 6.45) is 41.0. The topological polar surface area (TPSA) is 129 Å². The maximum absolute atomic E-state index is 12.9. The molecule has 1 heterocycles. The second-order valence-corrected chi connectivity index (χ2v) is 19.5. The molecule has 2 atom stereocenters. The first-order chi connectivity index (χ1) is 31.2. The lowest BCUT2D eigenvalue weighted by molar-refractivity contribution is -0.151. The fourth-order valence-corrected chi connectivity index (χ4v) is 9.62. The number of carbonyl (C=O) groups excluding carboxylic acids is 1. The van der Waals surface area contributed by atoms with Gasteiger partial charge in [-0.3, -0.25) is 19.4 Å². The standard InChI is InChI=1S/C55H101N3O6/c1-5-9-13-17-19-27-39-54(52(60)61,37-25-15-11-7-3)41-29-21-23-31-46-58(48-33-49-64-51(59)36-45-57-50-34-43-56-44-35-50)47-32-24-22-30-42-55(53(62)63,38-26-16-12-8-4)40-28-20-18-14-10-6-2/h34-35,43-44H,5-33,36-42,45-49H2,1-4H3,(H,56,57)(H,60,61)(H,62,63). The summed E-state index contributed by atoms with van der Waals surface area (Å²) in [5, 5.41) is 24.4. The molecule has 9 heteroatoms. The molecular formula is C55H101N3O6. The van der Waals surface area contributed by atoms with Crippen LogP contribution in [0.1, 0.15) is 259 Å². The third-order valence-corrected chi connectivity index (χ3v) is 13.9. The Kier molecular flexibility index (Phi) is 37.6. The molecule has 64 heavy (non-hydrogen) atoms. The van der Waals surface area contributed by atoms with Gasteiger partial charge in [0.1, 0.15) is 0 Å². The molecule has 372 valence electrons. The largest absolute Gasteiger partial charge is 0.481 e. The van der Waals surface area contributed by atoms with Gasteiger partial charge in [-0.25, -0.2) is 0 Å². The van der Waals surface area contributed by atoms with Crippen LogP contribution < -0.4 is 5.32 Å². The Morgan fingerprint density at radius 1 is 0.500 bits per heavy atom. The number of carboxylic acid groups (broad SMARTS) is 2. The summed E-state index contributed by atoms with van der Waals surface area (Å²) in [4.78, 5) is 44.8. The van der Waals surface area contributed by atoms with E-state index in [4.69, 9.17) is 4.74 Å². The number of aliphatic carboxylic acids is 2. The van der Waals surface area contributed by atoms with E-state index >= 15 is 0 Å². The molecular weight excluding hydrogens is 799 g/mol. The van der Waals surface area contributed by atoms with Crippen molar-refractivity contribution in [2.24, 2.45) is 10.8 Å². The number of carboxylic acids is 2. The Balaban J connectivity index is 2.75. The van der Waals surface area contributed by atoms with E-state index in [0.717, 1.165) is 186 Å². The van der Waals surface area contributed by atoms with E-state index in [0.29, 0.717) is 19.6 Å². The minimum atomic E-state index is -0.579. The summed E-state index contributed by atoms with van der Waals surface area (Å²) in [6.45, 7) is 12.7. The van der Waals surface area contributed by atoms with Crippen LogP contribution in [0.25, 0.3) is 0 Å². The summed E-state index contributed by atoms with van der Waals surface area (Å²) in [5.41, 5.74) is -0.221. The fraction of sp³-hybridized carbons (Fsp3) is 0.855. The normalized spacial score (nSPS) is 13.5. The minimum absolute atomic E-state index is 0.188. The van der Waals surface area contributed by atoms with Crippen molar-refractivity contribution >= 4 is 23.6 Å². The van der Waals surface area contributed by atoms with Crippen LogP contribution >= 0.6 is 0 Å². The first-order valence-electron chi connectivity index (χ1n) is 27.2. The molecule has 0 amide bonds. The third kappa shape index (κ3) is 29.8. The lowest BCUT2D eigenvalue weighted by Crippen LogP contribution is -2.31. The van der Waals surface area contributed by atoms with Crippen molar-refractivity contribution in [2.75, 3.05) is 38.1 Å². The van der Waals surface area contributed by atoms with Crippen LogP contribution in [0.5, 0.6) is 0 Å². The molecule has 3 N–H and O–H groups in total. The highest BCUT2D eigenvalue weighted by Crippen LogP contribution is 2.39. The van der Waals surface area contributed by atoms with E-state index in [9.17, 15) is 24.6 Å². The predicted octanol–water partition coefficient (Wildman–Crippen LogP) is 15.6. The summed E-state index contributed by atoms with van der Waals surface area (Å²) in [6, 6.07) is 3.76. The van der Waals surface area contributed by atoms with Gasteiger partial charge in [-0.15, -0.1) is 0 Å². The monoisotopic (exact) mass is 900 g/mol. The molecule has 0 saturated carbocycles. The Hall–Kier alpha value is -2.68. The van der Waals surface area contributed by atoms with Gasteiger partial charge in [0.2, 0.25) is 0 Å². The predicted molar refractivity (Wildman–Crippen MR) is 269 cm³/mol. The molecule has 0 aromatic carbocycles. The maximum atomic E-state index is 12.9. The van der Waals surface area contributed by atoms with Crippen LogP contribution in [0.2, 0.25) is 0 Å². The third-order valence-electron chi connectivity index (χ3n) is 13.9. The van der Waals surface area contributed by atoms with Crippen molar-refractivity contribution < 1.29 is 29.3 Å². The van der Waals surface area contributed by atoms with Gasteiger partial charge in [0.15, 0.2) is 0 Å². The zero-order valence-electron chi connectivity index (χ0n) is 42.2. The number of rotatable bonds is 48. The van der Waals surface area contributed by atoms with Gasteiger partial charge in [0, 0.05) is 31.2 Å². The maximum Gasteiger partial charge on any atom is 0.309 e. The summed E-state index contributed by atoms with van der Waals surface area (Å²) in [5.74, 6) is -1.34. The van der Waals surface area contributed by atoms with E-state index in [-0.39, 0.29) is 5.97 Å². The van der Waals surface area contributed by atoms with Gasteiger partial charge in [-0.1, -0.05) is 195 Å². The molecule has 1 rings (SSSR count). The molecule has 0 spiro atoms. The number of aromatic nitrogens is 1. The van der Waals surface area contributed by atoms with Crippen LogP contribution in [-0.2, 0) is 19.1 Å². The van der Waals surface area contributed by atoms with Crippen LogP contribution in [0, 0.1) is 10.8 Å². The molecule has 0 radical (unpaired) electrons. The molecule has 0 aliphatic heterocycles. The zero-order chi connectivity index (χ0) is 46.8. The second-order valence-electron chi connectivity index (χ2n) is 19.5. The highest BCUT2D eigenvalue weighted by atomic mass is 16.5. The van der Waals surface area contributed by atoms with Crippen molar-refractivity contribution in [1.29, 1.82) is 0 Å². The molecule has 0 bridgehead atoms. The molecule has 0 fully saturated rings. The number of anilines is 1. The lowest BCUT2D eigenvalue weighted by atomic mass is 9.74. The van der Waals surface area contributed by atoms with Crippen LogP contribution in [0.15, 0.2) is 24.5 Å². The lowest BCUT2D eigenvalue weighted by Gasteiger charge is -2.30. The van der Waals surface area contributed by atoms with Gasteiger partial charge in [-0.2, -0.15) is 0 Å². The quantitative estimate of drug-likeness (QED) is 0.0432. The van der Waals surface area contributed by atoms with E-state index in [1.165, 1.54) is 64.2 Å². The van der Waals surface area contributed by atoms with Gasteiger partial charge in [-0.05, 0) is 83.0 Å². The van der Waals surface area contributed by atoms with E-state index in [2.05, 4.69) is 42.9 Å². The van der Waals surface area contributed by atoms with E-state index in [1.807, 2.05) is 12.1 Å². The Bertz CT molecular complexity index is 1190. The summed E-state index contributed by atoms with van der Waals surface area (Å²) >= 11 is 0. The van der Waals surface area contributed by atoms with Crippen molar-refractivity contribution in [3.05, 3.63) is 24.5 Å². The Morgan fingerprint density at radius 3 is 1.20 bits per heavy atom. The minimum Gasteiger partial charge on any atom is -0.481 e. The van der Waals surface area contributed by atoms with Gasteiger partial charge in [0.25, 0.3) is 0 Å². The Labute approximate surface area is 393 Å². The molecule has 9 nitrogen and oxygen atoms in total. The van der Waals surface area contributed by atoms with Gasteiger partial charge < -0.3 is 25.2 Å². The average Bonchev–Trinajstić information content (AvgIpc) is 3.29. The SMILES string of the molecule is CCCCCCCCC(CCCCCC)(CCCCCCN(CCCCCCC(CCCCCC)(CCCCCCCC)C(=O)O)CCCOC(=O)CCNc1ccncc1)C(=O)O. The van der Waals surface area contributed by atoms with Crippen molar-refractivity contribution in [3.63, 3.8) is 0 Å². The fourth-order valence-electron chi connectivity index (χ4n) is 9.62. The molecule has 0 aliphatic carbocycles. The van der Waals surface area contributed by atoms with E-state index in [1.54, 1.807) is 12.4 Å². The van der Waals surface area contributed by atoms with Gasteiger partial charge in [0.05, 0.1) is 23.9 Å². The number of pyridine rings is 1. The second kappa shape index (κ2) is 40.6. The first kappa shape index (κ1) is 59.3.